The van der Waals surface area contributed by atoms with Crippen molar-refractivity contribution in [2.24, 2.45) is 0 Å². The molecule has 3 aromatic rings. The molecule has 0 aliphatic rings. The summed E-state index contributed by atoms with van der Waals surface area (Å²) in [4.78, 5) is 0. The number of benzene rings is 3. The molecule has 0 saturated carbocycles. The van der Waals surface area contributed by atoms with Crippen LogP contribution in [0.2, 0.25) is 0 Å². The van der Waals surface area contributed by atoms with E-state index < -0.39 is 29.6 Å². The minimum absolute atomic E-state index is 0.125. The largest absolute Gasteiger partial charge is 0.459 e. The zero-order valence-electron chi connectivity index (χ0n) is 17.3. The lowest BCUT2D eigenvalue weighted by molar-refractivity contribution is 0.200. The van der Waals surface area contributed by atoms with Gasteiger partial charge in [0.25, 0.3) is 6.43 Å². The number of rotatable bonds is 8. The van der Waals surface area contributed by atoms with Crippen molar-refractivity contribution in [1.29, 1.82) is 0 Å². The van der Waals surface area contributed by atoms with Gasteiger partial charge in [0.2, 0.25) is 0 Å². The quantitative estimate of drug-likeness (QED) is 0.194. The second-order valence-electron chi connectivity index (χ2n) is 7.11. The normalized spacial score (nSPS) is 11.7. The second kappa shape index (κ2) is 10.8. The van der Waals surface area contributed by atoms with E-state index in [0.29, 0.717) is 12.3 Å². The summed E-state index contributed by atoms with van der Waals surface area (Å²) in [6.07, 6.45) is 2.87. The average Bonchev–Trinajstić information content (AvgIpc) is 2.75. The highest BCUT2D eigenvalue weighted by molar-refractivity contribution is 5.73. The van der Waals surface area contributed by atoms with Gasteiger partial charge in [-0.2, -0.15) is 0 Å². The number of allylic oxidation sites excluding steroid dienone is 1. The first-order valence-electron chi connectivity index (χ1n) is 10.0. The molecule has 0 unspecified atom stereocenters. The van der Waals surface area contributed by atoms with Gasteiger partial charge >= 0.3 is 0 Å². The summed E-state index contributed by atoms with van der Waals surface area (Å²) in [6.45, 7) is 2.11. The molecule has 3 aromatic carbocycles. The van der Waals surface area contributed by atoms with Crippen LogP contribution in [0.25, 0.3) is 23.3 Å². The highest BCUT2D eigenvalue weighted by Gasteiger charge is 2.12. The molecule has 0 bridgehead atoms. The number of halogens is 5. The summed E-state index contributed by atoms with van der Waals surface area (Å²) >= 11 is 0. The fourth-order valence-corrected chi connectivity index (χ4v) is 3.14. The van der Waals surface area contributed by atoms with Crippen molar-refractivity contribution in [3.63, 3.8) is 0 Å². The average molecular weight is 444 g/mol. The van der Waals surface area contributed by atoms with Crippen LogP contribution in [0.1, 0.15) is 30.0 Å². The third-order valence-electron chi connectivity index (χ3n) is 4.71. The molecule has 0 heterocycles. The second-order valence-corrected chi connectivity index (χ2v) is 7.11. The van der Waals surface area contributed by atoms with Crippen LogP contribution in [0.5, 0.6) is 5.75 Å². The van der Waals surface area contributed by atoms with Crippen molar-refractivity contribution in [3.8, 4) is 16.9 Å². The number of hydrogen-bond donors (Lipinski definition) is 0. The molecule has 0 radical (unpaired) electrons. The Bertz CT molecular complexity index is 1090. The summed E-state index contributed by atoms with van der Waals surface area (Å²) < 4.78 is 71.4. The van der Waals surface area contributed by atoms with Crippen LogP contribution in [0.4, 0.5) is 22.0 Å². The van der Waals surface area contributed by atoms with Gasteiger partial charge in [-0.25, -0.2) is 22.0 Å². The predicted octanol–water partition coefficient (Wildman–Crippen LogP) is 8.05. The number of aryl methyl sites for hydroxylation is 1. The fraction of sp³-hybridized carbons (Fsp3) is 0.154. The first-order valence-corrected chi connectivity index (χ1v) is 10.0. The van der Waals surface area contributed by atoms with Gasteiger partial charge < -0.3 is 4.74 Å². The molecule has 0 aromatic heterocycles. The van der Waals surface area contributed by atoms with E-state index in [0.717, 1.165) is 36.1 Å². The van der Waals surface area contributed by atoms with Crippen LogP contribution in [0.15, 0.2) is 66.9 Å². The van der Waals surface area contributed by atoms with Gasteiger partial charge in [0.1, 0.15) is 5.82 Å². The molecule has 3 rings (SSSR count). The van der Waals surface area contributed by atoms with Crippen molar-refractivity contribution < 1.29 is 26.7 Å². The first kappa shape index (κ1) is 23.3. The molecule has 166 valence electrons. The van der Waals surface area contributed by atoms with Crippen molar-refractivity contribution >= 4 is 12.2 Å². The Morgan fingerprint density at radius 3 is 2.06 bits per heavy atom. The number of alkyl halides is 2. The van der Waals surface area contributed by atoms with Gasteiger partial charge in [0.05, 0.1) is 6.26 Å². The maximum Gasteiger partial charge on any atom is 0.260 e. The van der Waals surface area contributed by atoms with Crippen molar-refractivity contribution in [1.82, 2.24) is 0 Å². The molecule has 1 nitrogen and oxygen atoms in total. The van der Waals surface area contributed by atoms with Crippen LogP contribution >= 0.6 is 0 Å². The van der Waals surface area contributed by atoms with Gasteiger partial charge in [0, 0.05) is 11.6 Å². The molecule has 0 fully saturated rings. The van der Waals surface area contributed by atoms with Gasteiger partial charge in [-0.15, -0.1) is 0 Å². The molecule has 0 aliphatic heterocycles. The molecule has 0 N–H and O–H groups in total. The summed E-state index contributed by atoms with van der Waals surface area (Å²) in [5.74, 6) is -3.40. The van der Waals surface area contributed by atoms with Crippen molar-refractivity contribution in [3.05, 3.63) is 101 Å². The highest BCUT2D eigenvalue weighted by atomic mass is 19.3. The number of hydrogen-bond acceptors (Lipinski definition) is 1. The van der Waals surface area contributed by atoms with Gasteiger partial charge in [-0.05, 0) is 46.9 Å². The summed E-state index contributed by atoms with van der Waals surface area (Å²) in [5, 5.41) is 0. The molecule has 32 heavy (non-hydrogen) atoms. The maximum atomic E-state index is 14.6. The first-order chi connectivity index (χ1) is 15.4. The van der Waals surface area contributed by atoms with Crippen LogP contribution < -0.4 is 4.74 Å². The minimum Gasteiger partial charge on any atom is -0.459 e. The topological polar surface area (TPSA) is 9.23 Å². The molecular formula is C26H21F5O. The van der Waals surface area contributed by atoms with Crippen molar-refractivity contribution in [2.75, 3.05) is 0 Å². The third-order valence-corrected chi connectivity index (χ3v) is 4.71. The van der Waals surface area contributed by atoms with Gasteiger partial charge in [0.15, 0.2) is 17.4 Å². The van der Waals surface area contributed by atoms with Crippen LogP contribution in [0.3, 0.4) is 0 Å². The predicted molar refractivity (Wildman–Crippen MR) is 117 cm³/mol. The lowest BCUT2D eigenvalue weighted by Gasteiger charge is -2.06. The van der Waals surface area contributed by atoms with E-state index in [1.807, 2.05) is 24.3 Å². The highest BCUT2D eigenvalue weighted by Crippen LogP contribution is 2.26. The SMILES string of the molecule is CCCc1ccc(-c2ccc(/C=C/c3cc(F)c(O/C=C/C(F)F)c(F)c3)c(F)c2)cc1. The Kier molecular flexibility index (Phi) is 7.82. The Balaban J connectivity index is 1.76. The smallest absolute Gasteiger partial charge is 0.260 e. The Morgan fingerprint density at radius 2 is 1.47 bits per heavy atom. The Morgan fingerprint density at radius 1 is 0.812 bits per heavy atom. The van der Waals surface area contributed by atoms with E-state index in [4.69, 9.17) is 0 Å². The zero-order chi connectivity index (χ0) is 23.1. The third kappa shape index (κ3) is 6.06. The lowest BCUT2D eigenvalue weighted by atomic mass is 10.0. The van der Waals surface area contributed by atoms with E-state index in [9.17, 15) is 22.0 Å². The molecule has 0 aliphatic carbocycles. The van der Waals surface area contributed by atoms with Crippen molar-refractivity contribution in [2.45, 2.75) is 26.2 Å². The standard InChI is InChI=1S/C26H21F5O/c1-2-3-17-4-7-19(8-5-17)21-11-10-20(22(27)16-21)9-6-18-14-23(28)26(24(29)15-18)32-13-12-25(30)31/h4-16,25H,2-3H2,1H3/b9-6+,13-12+. The zero-order valence-corrected chi connectivity index (χ0v) is 17.3. The molecule has 0 spiro atoms. The van der Waals surface area contributed by atoms with E-state index in [1.54, 1.807) is 12.1 Å². The lowest BCUT2D eigenvalue weighted by Crippen LogP contribution is -1.94. The minimum atomic E-state index is -2.80. The molecule has 6 heteroatoms. The molecule has 0 atom stereocenters. The van der Waals surface area contributed by atoms with E-state index in [2.05, 4.69) is 11.7 Å². The van der Waals surface area contributed by atoms with Crippen LogP contribution in [0, 0.1) is 17.5 Å². The van der Waals surface area contributed by atoms with E-state index >= 15 is 0 Å². The monoisotopic (exact) mass is 444 g/mol. The number of ether oxygens (including phenoxy) is 1. The van der Waals surface area contributed by atoms with Crippen LogP contribution in [-0.4, -0.2) is 6.43 Å². The van der Waals surface area contributed by atoms with Gasteiger partial charge in [-0.1, -0.05) is 61.9 Å². The van der Waals surface area contributed by atoms with Crippen LogP contribution in [-0.2, 0) is 6.42 Å². The molecule has 0 amide bonds. The summed E-state index contributed by atoms with van der Waals surface area (Å²) in [5.41, 5.74) is 3.20. The van der Waals surface area contributed by atoms with Gasteiger partial charge in [-0.3, -0.25) is 0 Å². The van der Waals surface area contributed by atoms with E-state index in [-0.39, 0.29) is 11.1 Å². The summed E-state index contributed by atoms with van der Waals surface area (Å²) in [7, 11) is 0. The van der Waals surface area contributed by atoms with E-state index in [1.165, 1.54) is 23.8 Å². The molecular weight excluding hydrogens is 423 g/mol. The molecule has 0 saturated heterocycles. The Hall–Kier alpha value is -3.41. The fourth-order valence-electron chi connectivity index (χ4n) is 3.14. The maximum absolute atomic E-state index is 14.6. The summed E-state index contributed by atoms with van der Waals surface area (Å²) in [6, 6.07) is 14.6. The Labute approximate surface area is 183 Å².